The number of rotatable bonds is 6. The van der Waals surface area contributed by atoms with Gasteiger partial charge in [0, 0.05) is 22.2 Å². The van der Waals surface area contributed by atoms with Crippen LogP contribution < -0.4 is 4.90 Å². The molecule has 1 spiro atoms. The fraction of sp³-hybridized carbons (Fsp3) is 0.0625. The summed E-state index contributed by atoms with van der Waals surface area (Å²) >= 11 is 0. The van der Waals surface area contributed by atoms with E-state index >= 15 is 0 Å². The first-order valence-electron chi connectivity index (χ1n) is 22.8. The average molecular weight is 828 g/mol. The third-order valence-electron chi connectivity index (χ3n) is 14.7. The van der Waals surface area contributed by atoms with E-state index in [0.717, 1.165) is 5.69 Å². The average Bonchev–Trinajstić information content (AvgIpc) is 3.93. The second kappa shape index (κ2) is 14.3. The zero-order chi connectivity index (χ0) is 43.3. The minimum absolute atomic E-state index is 0.156. The summed E-state index contributed by atoms with van der Waals surface area (Å²) in [6.07, 6.45) is 0. The molecular weight excluding hydrogens is 783 g/mol. The van der Waals surface area contributed by atoms with Crippen molar-refractivity contribution in [3.05, 3.63) is 270 Å². The quantitative estimate of drug-likeness (QED) is 0.161. The Labute approximate surface area is 381 Å². The van der Waals surface area contributed by atoms with Crippen LogP contribution in [-0.4, -0.2) is 0 Å². The lowest BCUT2D eigenvalue weighted by atomic mass is 9.70. The molecule has 0 heterocycles. The van der Waals surface area contributed by atoms with E-state index in [2.05, 4.69) is 255 Å². The molecule has 0 bridgehead atoms. The Morgan fingerprint density at radius 3 is 1.32 bits per heavy atom. The normalized spacial score (nSPS) is 15.4. The van der Waals surface area contributed by atoms with Crippen LogP contribution in [0.15, 0.2) is 237 Å². The molecular formula is C64H45N. The van der Waals surface area contributed by atoms with Gasteiger partial charge in [-0.25, -0.2) is 0 Å². The Bertz CT molecular complexity index is 3510. The number of hydrogen-bond donors (Lipinski definition) is 0. The van der Waals surface area contributed by atoms with Crippen LogP contribution in [0, 0.1) is 0 Å². The van der Waals surface area contributed by atoms with Crippen molar-refractivity contribution in [3.8, 4) is 66.8 Å². The highest BCUT2D eigenvalue weighted by Gasteiger charge is 2.53. The molecule has 10 aromatic rings. The van der Waals surface area contributed by atoms with Gasteiger partial charge in [0.15, 0.2) is 0 Å². The molecule has 10 aromatic carbocycles. The zero-order valence-electron chi connectivity index (χ0n) is 36.5. The molecule has 0 saturated heterocycles. The zero-order valence-corrected chi connectivity index (χ0v) is 36.5. The largest absolute Gasteiger partial charge is 0.309 e. The topological polar surface area (TPSA) is 3.24 Å². The van der Waals surface area contributed by atoms with Gasteiger partial charge in [-0.05, 0) is 125 Å². The summed E-state index contributed by atoms with van der Waals surface area (Å²) in [7, 11) is 0. The van der Waals surface area contributed by atoms with Gasteiger partial charge in [-0.3, -0.25) is 0 Å². The summed E-state index contributed by atoms with van der Waals surface area (Å²) in [5.41, 5.74) is 25.7. The predicted molar refractivity (Wildman–Crippen MR) is 271 cm³/mol. The van der Waals surface area contributed by atoms with Gasteiger partial charge in [-0.2, -0.15) is 0 Å². The Morgan fingerprint density at radius 2 is 0.692 bits per heavy atom. The maximum absolute atomic E-state index is 2.58. The van der Waals surface area contributed by atoms with Gasteiger partial charge in [-0.1, -0.05) is 214 Å². The summed E-state index contributed by atoms with van der Waals surface area (Å²) in [5, 5.41) is 0. The molecule has 1 unspecified atom stereocenters. The van der Waals surface area contributed by atoms with Crippen molar-refractivity contribution in [2.75, 3.05) is 4.90 Å². The highest BCUT2D eigenvalue weighted by molar-refractivity contribution is 6.04. The van der Waals surface area contributed by atoms with E-state index in [-0.39, 0.29) is 5.41 Å². The standard InChI is InChI=1S/C64H45N/c1-63(2)53-29-14-13-28-51(53)61-55(63)31-17-33-59(61)65(48-26-16-25-45(39-48)42-19-6-3-7-20-42)60-34-18-32-56-62(60)52-38-36-47(44-23-10-5-11-24-44)41-58(52)64(56)54-30-15-12-27-49(54)50-37-35-46(40-57(50)64)43-21-8-4-9-22-43/h3-41H,1-2H3. The summed E-state index contributed by atoms with van der Waals surface area (Å²) in [6.45, 7) is 4.76. The van der Waals surface area contributed by atoms with Gasteiger partial charge < -0.3 is 4.90 Å². The van der Waals surface area contributed by atoms with Gasteiger partial charge in [0.05, 0.1) is 16.8 Å². The molecule has 1 atom stereocenters. The van der Waals surface area contributed by atoms with Crippen LogP contribution in [0.1, 0.15) is 47.2 Å². The van der Waals surface area contributed by atoms with Gasteiger partial charge in [0.1, 0.15) is 0 Å². The molecule has 0 saturated carbocycles. The van der Waals surface area contributed by atoms with E-state index in [1.807, 2.05) is 0 Å². The number of anilines is 3. The molecule has 3 aliphatic rings. The van der Waals surface area contributed by atoms with Crippen molar-refractivity contribution in [2.24, 2.45) is 0 Å². The van der Waals surface area contributed by atoms with Crippen molar-refractivity contribution in [2.45, 2.75) is 24.7 Å². The summed E-state index contributed by atoms with van der Waals surface area (Å²) in [4.78, 5) is 2.58. The highest BCUT2D eigenvalue weighted by Crippen LogP contribution is 2.66. The van der Waals surface area contributed by atoms with E-state index in [4.69, 9.17) is 0 Å². The van der Waals surface area contributed by atoms with E-state index in [9.17, 15) is 0 Å². The second-order valence-electron chi connectivity index (χ2n) is 18.4. The van der Waals surface area contributed by atoms with Crippen LogP contribution in [0.4, 0.5) is 17.1 Å². The molecule has 1 nitrogen and oxygen atoms in total. The van der Waals surface area contributed by atoms with Crippen molar-refractivity contribution in [1.29, 1.82) is 0 Å². The molecule has 1 heteroatoms. The Hall–Kier alpha value is -8.00. The van der Waals surface area contributed by atoms with Crippen LogP contribution in [-0.2, 0) is 10.8 Å². The Balaban J connectivity index is 1.15. The minimum atomic E-state index is -0.576. The molecule has 13 rings (SSSR count). The van der Waals surface area contributed by atoms with Crippen molar-refractivity contribution >= 4 is 17.1 Å². The SMILES string of the molecule is CC1(C)c2ccccc2-c2c(N(c3cccc(-c4ccccc4)c3)c3cccc4c3-c3ccc(-c5ccccc5)cc3C43c4ccccc4-c4ccc(-c5ccccc5)cc43)cccc21. The van der Waals surface area contributed by atoms with Gasteiger partial charge >= 0.3 is 0 Å². The number of hydrogen-bond acceptors (Lipinski definition) is 1. The van der Waals surface area contributed by atoms with Crippen LogP contribution in [0.5, 0.6) is 0 Å². The maximum Gasteiger partial charge on any atom is 0.0726 e. The first-order valence-corrected chi connectivity index (χ1v) is 22.8. The summed E-state index contributed by atoms with van der Waals surface area (Å²) in [5.74, 6) is 0. The molecule has 65 heavy (non-hydrogen) atoms. The Kier molecular flexibility index (Phi) is 8.24. The molecule has 0 amide bonds. The summed E-state index contributed by atoms with van der Waals surface area (Å²) in [6, 6.07) is 88.4. The fourth-order valence-electron chi connectivity index (χ4n) is 11.8. The van der Waals surface area contributed by atoms with E-state index in [1.165, 1.54) is 112 Å². The van der Waals surface area contributed by atoms with E-state index < -0.39 is 5.41 Å². The van der Waals surface area contributed by atoms with Crippen LogP contribution in [0.2, 0.25) is 0 Å². The molecule has 0 aromatic heterocycles. The van der Waals surface area contributed by atoms with Crippen molar-refractivity contribution in [1.82, 2.24) is 0 Å². The van der Waals surface area contributed by atoms with Crippen LogP contribution in [0.25, 0.3) is 66.8 Å². The fourth-order valence-corrected chi connectivity index (χ4v) is 11.8. The molecule has 3 aliphatic carbocycles. The third kappa shape index (κ3) is 5.39. The molecule has 0 N–H and O–H groups in total. The highest BCUT2D eigenvalue weighted by atomic mass is 15.1. The second-order valence-corrected chi connectivity index (χ2v) is 18.4. The van der Waals surface area contributed by atoms with Crippen LogP contribution in [0.3, 0.4) is 0 Å². The smallest absolute Gasteiger partial charge is 0.0726 e. The van der Waals surface area contributed by atoms with Crippen molar-refractivity contribution in [3.63, 3.8) is 0 Å². The molecule has 0 fully saturated rings. The Morgan fingerprint density at radius 1 is 0.277 bits per heavy atom. The lowest BCUT2D eigenvalue weighted by molar-refractivity contribution is 0.660. The van der Waals surface area contributed by atoms with E-state index in [0.29, 0.717) is 0 Å². The maximum atomic E-state index is 2.58. The monoisotopic (exact) mass is 827 g/mol. The predicted octanol–water partition coefficient (Wildman–Crippen LogP) is 16.8. The molecule has 306 valence electrons. The lowest BCUT2D eigenvalue weighted by Crippen LogP contribution is -2.26. The lowest BCUT2D eigenvalue weighted by Gasteiger charge is -2.33. The van der Waals surface area contributed by atoms with Crippen molar-refractivity contribution < 1.29 is 0 Å². The minimum Gasteiger partial charge on any atom is -0.309 e. The van der Waals surface area contributed by atoms with Gasteiger partial charge in [0.2, 0.25) is 0 Å². The van der Waals surface area contributed by atoms with E-state index in [1.54, 1.807) is 0 Å². The first-order chi connectivity index (χ1) is 32.0. The van der Waals surface area contributed by atoms with Gasteiger partial charge in [-0.15, -0.1) is 0 Å². The molecule has 0 aliphatic heterocycles. The number of fused-ring (bicyclic) bond motifs is 13. The number of benzene rings is 10. The summed E-state index contributed by atoms with van der Waals surface area (Å²) < 4.78 is 0. The number of nitrogens with zero attached hydrogens (tertiary/aromatic N) is 1. The first kappa shape index (κ1) is 37.5. The molecule has 0 radical (unpaired) electrons. The third-order valence-corrected chi connectivity index (χ3v) is 14.7. The van der Waals surface area contributed by atoms with Gasteiger partial charge in [0.25, 0.3) is 0 Å². The van der Waals surface area contributed by atoms with Crippen LogP contribution >= 0.6 is 0 Å².